The molecule has 9 fully saturated rings. The summed E-state index contributed by atoms with van der Waals surface area (Å²) in [6.45, 7) is 6.80. The Morgan fingerprint density at radius 2 is 0.687 bits per heavy atom. The summed E-state index contributed by atoms with van der Waals surface area (Å²) in [5, 5.41) is 33.4. The Kier molecular flexibility index (Phi) is 24.3. The largest absolute Gasteiger partial charge is 0.484 e. The van der Waals surface area contributed by atoms with Crippen molar-refractivity contribution < 1.29 is 58.0 Å². The number of likely N-dealkylation sites (N-methyl/N-ethyl adjacent to an activating group) is 3. The van der Waals surface area contributed by atoms with Crippen LogP contribution in [0.3, 0.4) is 0 Å². The fourth-order valence-corrected chi connectivity index (χ4v) is 10.9. The van der Waals surface area contributed by atoms with Gasteiger partial charge in [0.2, 0.25) is 11.8 Å². The summed E-state index contributed by atoms with van der Waals surface area (Å²) in [4.78, 5) is 85.3. The normalized spacial score (nSPS) is 26.0. The van der Waals surface area contributed by atoms with Crippen molar-refractivity contribution in [3.05, 3.63) is 87.9 Å². The standard InChI is InChI=1S/2C18H24ClN3O3.C13H15ClN2O2.C5H11NO2.C3H7NO2.ClH/c2*1-12(22(2)3)16(24)21-18-9-17(10-18,11-18)20-15(23)8-25-14-6-4-13(19)5-7-14;14-9-1-3-10(4-2-9)18-5-11(17)16-13-6-12(15,7-13)8-13;1-4(5(7)8)6(2)3;1-2(4)3(5)6;/h2*4-7,12H,8-11H2,1-3H3,(H,20,23)(H,21,24);1-4H,5-8,15H2,(H,16,17);4H,1-3H3,(H,7,8);2H,4H2,1H3,(H,5,6);1H/t2*12-,17?,18?;;4-;2-;/m00.00./s1. The average molecular weight is 1240 g/mol. The van der Waals surface area contributed by atoms with Gasteiger partial charge in [-0.05, 0) is 201 Å². The van der Waals surface area contributed by atoms with Crippen LogP contribution < -0.4 is 52.3 Å². The van der Waals surface area contributed by atoms with Gasteiger partial charge in [0.25, 0.3) is 17.7 Å². The third-order valence-electron chi connectivity index (χ3n) is 15.5. The van der Waals surface area contributed by atoms with Gasteiger partial charge in [-0.3, -0.25) is 48.3 Å². The number of benzene rings is 3. The summed E-state index contributed by atoms with van der Waals surface area (Å²) in [5.41, 5.74) is 10.1. The highest BCUT2D eigenvalue weighted by Crippen LogP contribution is 2.61. The molecule has 22 nitrogen and oxygen atoms in total. The number of carbonyl (C=O) groups excluding carboxylic acids is 5. The fourth-order valence-electron chi connectivity index (χ4n) is 10.6. The van der Waals surface area contributed by atoms with Crippen LogP contribution in [0.25, 0.3) is 0 Å². The first kappa shape index (κ1) is 69.8. The first-order chi connectivity index (χ1) is 38.1. The van der Waals surface area contributed by atoms with Crippen molar-refractivity contribution in [2.24, 2.45) is 11.5 Å². The van der Waals surface area contributed by atoms with Gasteiger partial charge in [-0.1, -0.05) is 34.8 Å². The van der Waals surface area contributed by atoms with E-state index >= 15 is 0 Å². The van der Waals surface area contributed by atoms with Gasteiger partial charge in [0, 0.05) is 48.3 Å². The van der Waals surface area contributed by atoms with Crippen LogP contribution in [0.15, 0.2) is 72.8 Å². The molecular formula is C57H82Cl4N10O12. The molecule has 11 N–H and O–H groups in total. The van der Waals surface area contributed by atoms with Gasteiger partial charge in [0.05, 0.1) is 12.1 Å². The third-order valence-corrected chi connectivity index (χ3v) is 16.3. The van der Waals surface area contributed by atoms with E-state index in [9.17, 15) is 33.6 Å². The highest BCUT2D eigenvalue weighted by molar-refractivity contribution is 6.31. The van der Waals surface area contributed by atoms with Gasteiger partial charge in [-0.15, -0.1) is 12.4 Å². The highest BCUT2D eigenvalue weighted by Gasteiger charge is 2.70. The maximum atomic E-state index is 12.2. The van der Waals surface area contributed by atoms with Crippen LogP contribution in [0, 0.1) is 0 Å². The van der Waals surface area contributed by atoms with Crippen LogP contribution in [0.5, 0.6) is 17.2 Å². The van der Waals surface area contributed by atoms with Gasteiger partial charge in [-0.25, -0.2) is 0 Å². The summed E-state index contributed by atoms with van der Waals surface area (Å²) >= 11 is 17.4. The Balaban J connectivity index is 0.000000240. The van der Waals surface area contributed by atoms with Crippen LogP contribution in [0.2, 0.25) is 15.1 Å². The molecule has 5 amide bonds. The minimum absolute atomic E-state index is 0. The van der Waals surface area contributed by atoms with Gasteiger partial charge in [0.15, 0.2) is 19.8 Å². The number of nitrogens with zero attached hydrogens (tertiary/aromatic N) is 3. The average Bonchev–Trinajstić information content (AvgIpc) is 3.56. The van der Waals surface area contributed by atoms with E-state index in [1.807, 2.05) is 51.8 Å². The maximum absolute atomic E-state index is 12.2. The molecule has 6 bridgehead atoms. The molecule has 9 aliphatic carbocycles. The lowest BCUT2D eigenvalue weighted by atomic mass is 9.44. The molecule has 3 aromatic carbocycles. The number of aliphatic carboxylic acids is 2. The predicted octanol–water partition coefficient (Wildman–Crippen LogP) is 4.48. The molecule has 0 spiro atoms. The Labute approximate surface area is 507 Å². The zero-order chi connectivity index (χ0) is 61.2. The van der Waals surface area contributed by atoms with Gasteiger partial charge < -0.3 is 62.5 Å². The lowest BCUT2D eigenvalue weighted by Gasteiger charge is -2.70. The van der Waals surface area contributed by atoms with Crippen LogP contribution in [0.4, 0.5) is 0 Å². The predicted molar refractivity (Wildman–Crippen MR) is 319 cm³/mol. The number of carboxylic acid groups (broad SMARTS) is 2. The summed E-state index contributed by atoms with van der Waals surface area (Å²) in [5.74, 6) is -0.185. The molecular weight excluding hydrogens is 1160 g/mol. The minimum Gasteiger partial charge on any atom is -0.484 e. The van der Waals surface area contributed by atoms with Crippen molar-refractivity contribution >= 4 is 88.7 Å². The number of rotatable bonds is 21. The number of nitrogens with two attached hydrogens (primary N) is 2. The lowest BCUT2D eigenvalue weighted by molar-refractivity contribution is -0.154. The van der Waals surface area contributed by atoms with E-state index in [0.717, 1.165) is 57.8 Å². The van der Waals surface area contributed by atoms with E-state index in [1.54, 1.807) is 98.7 Å². The van der Waals surface area contributed by atoms with Crippen LogP contribution >= 0.6 is 47.2 Å². The number of nitrogens with one attached hydrogen (secondary N) is 5. The molecule has 83 heavy (non-hydrogen) atoms. The number of hydrogen-bond acceptors (Lipinski definition) is 15. The number of carboxylic acids is 2. The number of ether oxygens (including phenoxy) is 3. The molecule has 0 radical (unpaired) electrons. The molecule has 26 heteroatoms. The Morgan fingerprint density at radius 3 is 0.880 bits per heavy atom. The zero-order valence-electron chi connectivity index (χ0n) is 48.7. The monoisotopic (exact) mass is 1240 g/mol. The van der Waals surface area contributed by atoms with Crippen molar-refractivity contribution in [1.82, 2.24) is 41.3 Å². The molecule has 12 rings (SSSR count). The molecule has 0 saturated heterocycles. The van der Waals surface area contributed by atoms with Gasteiger partial charge in [0.1, 0.15) is 29.3 Å². The molecule has 0 unspecified atom stereocenters. The molecule has 9 aliphatic rings. The number of carbonyl (C=O) groups is 7. The summed E-state index contributed by atoms with van der Waals surface area (Å²) in [6, 6.07) is 19.3. The summed E-state index contributed by atoms with van der Waals surface area (Å²) in [6.07, 6.45) is 7.43. The molecule has 4 atom stereocenters. The van der Waals surface area contributed by atoms with E-state index in [0.29, 0.717) is 32.3 Å². The number of amides is 5. The third kappa shape index (κ3) is 19.7. The van der Waals surface area contributed by atoms with Crippen LogP contribution in [0.1, 0.15) is 85.5 Å². The molecule has 3 aromatic rings. The van der Waals surface area contributed by atoms with Crippen molar-refractivity contribution in [3.63, 3.8) is 0 Å². The van der Waals surface area contributed by atoms with E-state index in [1.165, 1.54) is 6.92 Å². The van der Waals surface area contributed by atoms with Crippen molar-refractivity contribution in [2.45, 2.75) is 143 Å². The second-order valence-corrected chi connectivity index (χ2v) is 24.9. The SMILES string of the molecule is C[C@@H](C(=O)NC12CC(NC(=O)COc3ccc(Cl)cc3)(C1)C2)N(C)C.C[C@@H](C(=O)NC12CC(NC(=O)COc3ccc(Cl)cc3)(C1)C2)N(C)C.C[C@@H](C(=O)O)N(C)C.C[C@H](N)C(=O)O.Cl.NC12CC(NC(=O)COc3ccc(Cl)cc3)(C1)C2. The topological polar surface area (TPSA) is 310 Å². The smallest absolute Gasteiger partial charge is 0.320 e. The van der Waals surface area contributed by atoms with E-state index < -0.39 is 18.0 Å². The van der Waals surface area contributed by atoms with Crippen LogP contribution in [-0.4, -0.2) is 186 Å². The summed E-state index contributed by atoms with van der Waals surface area (Å²) < 4.78 is 16.3. The second kappa shape index (κ2) is 28.9. The summed E-state index contributed by atoms with van der Waals surface area (Å²) in [7, 11) is 11.0. The molecule has 0 aromatic heterocycles. The first-order valence-electron chi connectivity index (χ1n) is 26.9. The zero-order valence-corrected chi connectivity index (χ0v) is 51.8. The Hall–Kier alpha value is -5.69. The lowest BCUT2D eigenvalue weighted by Crippen LogP contribution is -2.84. The number of halogens is 4. The Bertz CT molecular complexity index is 2560. The Morgan fingerprint density at radius 1 is 0.458 bits per heavy atom. The van der Waals surface area contributed by atoms with Crippen molar-refractivity contribution in [1.29, 1.82) is 0 Å². The quantitative estimate of drug-likeness (QED) is 0.0710. The minimum atomic E-state index is -0.963. The van der Waals surface area contributed by atoms with Crippen LogP contribution in [-0.2, 0) is 33.6 Å². The fraction of sp³-hybridized carbons (Fsp3) is 0.561. The van der Waals surface area contributed by atoms with E-state index in [-0.39, 0.29) is 113 Å². The van der Waals surface area contributed by atoms with Crippen molar-refractivity contribution in [2.75, 3.05) is 62.1 Å². The first-order valence-corrected chi connectivity index (χ1v) is 28.0. The molecule has 9 saturated carbocycles. The van der Waals surface area contributed by atoms with E-state index in [2.05, 4.69) is 26.6 Å². The molecule has 0 heterocycles. The van der Waals surface area contributed by atoms with Gasteiger partial charge in [-0.2, -0.15) is 0 Å². The molecule has 460 valence electrons. The molecule has 0 aliphatic heterocycles. The second-order valence-electron chi connectivity index (χ2n) is 23.6. The van der Waals surface area contributed by atoms with Crippen molar-refractivity contribution in [3.8, 4) is 17.2 Å². The maximum Gasteiger partial charge on any atom is 0.320 e. The highest BCUT2D eigenvalue weighted by atomic mass is 35.5. The van der Waals surface area contributed by atoms with Gasteiger partial charge >= 0.3 is 11.9 Å². The number of hydrogen-bond donors (Lipinski definition) is 9. The van der Waals surface area contributed by atoms with E-state index in [4.69, 9.17) is 70.7 Å².